The van der Waals surface area contributed by atoms with Crippen molar-refractivity contribution in [1.29, 1.82) is 0 Å². The van der Waals surface area contributed by atoms with Crippen LogP contribution in [-0.4, -0.2) is 48.7 Å². The average Bonchev–Trinajstić information content (AvgIpc) is 3.38. The van der Waals surface area contributed by atoms with Crippen LogP contribution in [0.25, 0.3) is 20.8 Å². The van der Waals surface area contributed by atoms with Gasteiger partial charge in [-0.3, -0.25) is 9.78 Å². The summed E-state index contributed by atoms with van der Waals surface area (Å²) in [5.74, 6) is 0.712. The van der Waals surface area contributed by atoms with Crippen molar-refractivity contribution in [3.63, 3.8) is 0 Å². The monoisotopic (exact) mass is 457 g/mol. The van der Waals surface area contributed by atoms with Crippen molar-refractivity contribution in [2.75, 3.05) is 38.2 Å². The van der Waals surface area contributed by atoms with Crippen molar-refractivity contribution in [3.05, 3.63) is 28.9 Å². The first-order chi connectivity index (χ1) is 15.3. The molecule has 3 aromatic rings. The highest BCUT2D eigenvalue weighted by Crippen LogP contribution is 2.44. The van der Waals surface area contributed by atoms with Crippen molar-refractivity contribution >= 4 is 43.8 Å². The minimum absolute atomic E-state index is 0.0510. The molecular formula is C22H27N5O2S2. The van der Waals surface area contributed by atoms with Gasteiger partial charge >= 0.3 is 0 Å². The molecule has 0 bridgehead atoms. The largest absolute Gasteiger partial charge is 0.381 e. The van der Waals surface area contributed by atoms with Crippen LogP contribution in [0.4, 0.5) is 5.00 Å². The summed E-state index contributed by atoms with van der Waals surface area (Å²) in [5.41, 5.74) is 3.33. The van der Waals surface area contributed by atoms with Crippen molar-refractivity contribution in [3.8, 4) is 10.6 Å². The number of rotatable bonds is 7. The topological polar surface area (TPSA) is 88.2 Å². The van der Waals surface area contributed by atoms with E-state index in [-0.39, 0.29) is 5.91 Å². The minimum Gasteiger partial charge on any atom is -0.381 e. The van der Waals surface area contributed by atoms with E-state index in [9.17, 15) is 4.79 Å². The van der Waals surface area contributed by atoms with E-state index >= 15 is 0 Å². The first-order valence-electron chi connectivity index (χ1n) is 10.9. The molecule has 0 aliphatic carbocycles. The lowest BCUT2D eigenvalue weighted by molar-refractivity contribution is -0.116. The zero-order valence-electron chi connectivity index (χ0n) is 17.4. The molecule has 0 aromatic carbocycles. The molecule has 1 saturated heterocycles. The summed E-state index contributed by atoms with van der Waals surface area (Å²) in [5, 5.41) is 12.0. The first-order valence-corrected chi connectivity index (χ1v) is 12.6. The van der Waals surface area contributed by atoms with Crippen LogP contribution in [0.2, 0.25) is 0 Å². The number of thiazole rings is 1. The van der Waals surface area contributed by atoms with Gasteiger partial charge in [0.1, 0.15) is 15.5 Å². The number of aromatic nitrogens is 2. The lowest BCUT2D eigenvalue weighted by atomic mass is 10.0. The number of amides is 1. The van der Waals surface area contributed by atoms with E-state index in [0.717, 1.165) is 77.9 Å². The molecule has 0 unspecified atom stereocenters. The van der Waals surface area contributed by atoms with Crippen LogP contribution in [0, 0.1) is 5.92 Å². The van der Waals surface area contributed by atoms with Gasteiger partial charge in [0.25, 0.3) is 0 Å². The van der Waals surface area contributed by atoms with Crippen LogP contribution in [0.1, 0.15) is 29.7 Å². The third-order valence-electron chi connectivity index (χ3n) is 5.89. The number of anilines is 1. The van der Waals surface area contributed by atoms with Crippen molar-refractivity contribution in [1.82, 2.24) is 20.6 Å². The lowest BCUT2D eigenvalue weighted by Crippen LogP contribution is -2.30. The van der Waals surface area contributed by atoms with E-state index in [1.807, 2.05) is 6.07 Å². The molecular weight excluding hydrogens is 430 g/mol. The zero-order valence-corrected chi connectivity index (χ0v) is 19.0. The van der Waals surface area contributed by atoms with Gasteiger partial charge in [-0.15, -0.1) is 22.7 Å². The number of nitrogens with one attached hydrogen (secondary N) is 3. The van der Waals surface area contributed by atoms with E-state index < -0.39 is 0 Å². The van der Waals surface area contributed by atoms with E-state index in [1.165, 1.54) is 10.4 Å². The van der Waals surface area contributed by atoms with Gasteiger partial charge in [0.15, 0.2) is 0 Å². The first kappa shape index (κ1) is 21.0. The molecule has 1 fully saturated rings. The molecule has 0 spiro atoms. The standard InChI is InChI=1S/C22H27N5O2S2/c28-19(3-8-23-11-14-4-9-29-10-5-14)27-22-20(15-1-6-25-13-18(15)31-22)21-26-16-12-24-7-2-17(16)30-21/h2,7,12,14,23,25H,1,3-6,8-11,13H2,(H,27,28). The molecule has 31 heavy (non-hydrogen) atoms. The summed E-state index contributed by atoms with van der Waals surface area (Å²) in [6.45, 7) is 5.16. The highest BCUT2D eigenvalue weighted by atomic mass is 32.1. The summed E-state index contributed by atoms with van der Waals surface area (Å²) in [6, 6.07) is 2.00. The summed E-state index contributed by atoms with van der Waals surface area (Å²) in [6.07, 6.45) is 7.24. The number of thiophene rings is 1. The third kappa shape index (κ3) is 4.80. The fourth-order valence-corrected chi connectivity index (χ4v) is 6.49. The number of hydrogen-bond acceptors (Lipinski definition) is 8. The Balaban J connectivity index is 1.28. The van der Waals surface area contributed by atoms with Gasteiger partial charge in [0.2, 0.25) is 5.91 Å². The SMILES string of the molecule is O=C(CCNCC1CCOCC1)Nc1sc2c(c1-c1nc3cnccc3s1)CCNC2. The molecule has 2 aliphatic heterocycles. The molecule has 0 radical (unpaired) electrons. The number of fused-ring (bicyclic) bond motifs is 2. The Kier molecular flexibility index (Phi) is 6.56. The van der Waals surface area contributed by atoms with Crippen molar-refractivity contribution in [2.24, 2.45) is 5.92 Å². The van der Waals surface area contributed by atoms with E-state index in [1.54, 1.807) is 35.1 Å². The number of carbonyl (C=O) groups is 1. The molecule has 7 nitrogen and oxygen atoms in total. The summed E-state index contributed by atoms with van der Waals surface area (Å²) >= 11 is 3.35. The molecule has 5 heterocycles. The van der Waals surface area contributed by atoms with Crippen molar-refractivity contribution < 1.29 is 9.53 Å². The highest BCUT2D eigenvalue weighted by molar-refractivity contribution is 7.22. The molecule has 3 aromatic heterocycles. The van der Waals surface area contributed by atoms with Crippen molar-refractivity contribution in [2.45, 2.75) is 32.2 Å². The Morgan fingerprint density at radius 3 is 3.06 bits per heavy atom. The summed E-state index contributed by atoms with van der Waals surface area (Å²) in [4.78, 5) is 23.0. The number of carbonyl (C=O) groups excluding carboxylic acids is 1. The fourth-order valence-electron chi connectivity index (χ4n) is 4.18. The van der Waals surface area contributed by atoms with Crippen LogP contribution in [-0.2, 0) is 22.5 Å². The van der Waals surface area contributed by atoms with Gasteiger partial charge in [-0.25, -0.2) is 4.98 Å². The molecule has 3 N–H and O–H groups in total. The predicted octanol–water partition coefficient (Wildman–Crippen LogP) is 3.41. The van der Waals surface area contributed by atoms with Gasteiger partial charge in [-0.05, 0) is 49.9 Å². The third-order valence-corrected chi connectivity index (χ3v) is 8.09. The van der Waals surface area contributed by atoms with E-state index in [0.29, 0.717) is 18.9 Å². The Hall–Kier alpha value is -1.91. The van der Waals surface area contributed by atoms with Gasteiger partial charge in [-0.1, -0.05) is 0 Å². The summed E-state index contributed by atoms with van der Waals surface area (Å²) in [7, 11) is 0. The maximum absolute atomic E-state index is 12.7. The number of nitrogens with zero attached hydrogens (tertiary/aromatic N) is 2. The van der Waals surface area contributed by atoms with Crippen LogP contribution in [0.5, 0.6) is 0 Å². The molecule has 0 atom stereocenters. The maximum atomic E-state index is 12.7. The average molecular weight is 458 g/mol. The second-order valence-electron chi connectivity index (χ2n) is 8.06. The highest BCUT2D eigenvalue weighted by Gasteiger charge is 2.25. The number of hydrogen-bond donors (Lipinski definition) is 3. The second-order valence-corrected chi connectivity index (χ2v) is 10.2. The molecule has 164 valence electrons. The molecule has 0 saturated carbocycles. The zero-order chi connectivity index (χ0) is 21.0. The number of ether oxygens (including phenoxy) is 1. The van der Waals surface area contributed by atoms with Crippen LogP contribution in [0.3, 0.4) is 0 Å². The smallest absolute Gasteiger partial charge is 0.226 e. The van der Waals surface area contributed by atoms with E-state index in [4.69, 9.17) is 9.72 Å². The van der Waals surface area contributed by atoms with Crippen LogP contribution in [0.15, 0.2) is 18.5 Å². The Morgan fingerprint density at radius 1 is 1.29 bits per heavy atom. The van der Waals surface area contributed by atoms with Gasteiger partial charge in [-0.2, -0.15) is 0 Å². The minimum atomic E-state index is 0.0510. The van der Waals surface area contributed by atoms with Crippen LogP contribution >= 0.6 is 22.7 Å². The lowest BCUT2D eigenvalue weighted by Gasteiger charge is -2.22. The predicted molar refractivity (Wildman–Crippen MR) is 126 cm³/mol. The Bertz CT molecular complexity index is 1020. The Labute approximate surface area is 189 Å². The normalized spacial score (nSPS) is 17.0. The summed E-state index contributed by atoms with van der Waals surface area (Å²) < 4.78 is 6.53. The maximum Gasteiger partial charge on any atom is 0.226 e. The second kappa shape index (κ2) is 9.70. The quantitative estimate of drug-likeness (QED) is 0.471. The molecule has 2 aliphatic rings. The molecule has 9 heteroatoms. The van der Waals surface area contributed by atoms with Gasteiger partial charge < -0.3 is 20.7 Å². The molecule has 1 amide bonds. The molecule has 5 rings (SSSR count). The Morgan fingerprint density at radius 2 is 2.19 bits per heavy atom. The van der Waals surface area contributed by atoms with Gasteiger partial charge in [0, 0.05) is 49.4 Å². The fraction of sp³-hybridized carbons (Fsp3) is 0.500. The number of pyridine rings is 1. The van der Waals surface area contributed by atoms with Gasteiger partial charge in [0.05, 0.1) is 10.9 Å². The van der Waals surface area contributed by atoms with Crippen LogP contribution < -0.4 is 16.0 Å². The van der Waals surface area contributed by atoms with E-state index in [2.05, 4.69) is 20.9 Å².